The second-order valence-electron chi connectivity index (χ2n) is 8.31. The summed E-state index contributed by atoms with van der Waals surface area (Å²) in [5, 5.41) is 0. The van der Waals surface area contributed by atoms with Crippen LogP contribution in [0.3, 0.4) is 0 Å². The van der Waals surface area contributed by atoms with Crippen molar-refractivity contribution in [1.29, 1.82) is 0 Å². The van der Waals surface area contributed by atoms with Crippen LogP contribution in [0.1, 0.15) is 35.1 Å². The Bertz CT molecular complexity index is 1190. The van der Waals surface area contributed by atoms with Gasteiger partial charge in [-0.3, -0.25) is 9.59 Å². The van der Waals surface area contributed by atoms with Crippen LogP contribution in [0.2, 0.25) is 0 Å². The third-order valence-electron chi connectivity index (χ3n) is 6.92. The molecule has 1 fully saturated rings. The van der Waals surface area contributed by atoms with Gasteiger partial charge in [-0.25, -0.2) is 4.90 Å². The molecular formula is C26H20ClNO3. The topological polar surface area (TPSA) is 46.6 Å². The molecule has 4 aliphatic rings. The van der Waals surface area contributed by atoms with Gasteiger partial charge >= 0.3 is 0 Å². The van der Waals surface area contributed by atoms with Crippen molar-refractivity contribution in [3.8, 4) is 5.75 Å². The number of carbonyl (C=O) groups excluding carboxylic acids is 2. The van der Waals surface area contributed by atoms with Crippen LogP contribution in [0.25, 0.3) is 0 Å². The highest BCUT2D eigenvalue weighted by molar-refractivity contribution is 6.33. The summed E-state index contributed by atoms with van der Waals surface area (Å²) in [6, 6.07) is 23.0. The lowest BCUT2D eigenvalue weighted by Gasteiger charge is -2.50. The van der Waals surface area contributed by atoms with Gasteiger partial charge in [0.15, 0.2) is 0 Å². The Kier molecular flexibility index (Phi) is 3.87. The summed E-state index contributed by atoms with van der Waals surface area (Å²) in [5.74, 6) is -1.04. The molecule has 0 radical (unpaired) electrons. The summed E-state index contributed by atoms with van der Waals surface area (Å²) in [7, 11) is 0. The van der Waals surface area contributed by atoms with Crippen molar-refractivity contribution < 1.29 is 14.3 Å². The zero-order valence-electron chi connectivity index (χ0n) is 16.9. The standard InChI is InChI=1S/C26H20ClNO3/c1-2-31-16-13-11-15(12-14-16)28-24(29)22-21-17-7-3-5-9-19(17)26(27,23(22)25(28)30)20-10-6-4-8-18(20)21/h3-14,21-23H,2H2,1H3/t21?,22-,23+,26?/m0/s1. The lowest BCUT2D eigenvalue weighted by molar-refractivity contribution is -0.122. The summed E-state index contributed by atoms with van der Waals surface area (Å²) in [4.78, 5) is 27.8. The zero-order chi connectivity index (χ0) is 21.3. The fourth-order valence-corrected chi connectivity index (χ4v) is 6.37. The molecule has 0 N–H and O–H groups in total. The molecule has 0 unspecified atom stereocenters. The number of nitrogens with zero attached hydrogens (tertiary/aromatic N) is 1. The van der Waals surface area contributed by atoms with Gasteiger partial charge < -0.3 is 4.74 Å². The average molecular weight is 430 g/mol. The third-order valence-corrected chi connectivity index (χ3v) is 7.56. The normalized spacial score (nSPS) is 27.7. The zero-order valence-corrected chi connectivity index (χ0v) is 17.7. The Labute approximate surface area is 185 Å². The number of carbonyl (C=O) groups is 2. The van der Waals surface area contributed by atoms with E-state index in [1.807, 2.05) is 55.5 Å². The van der Waals surface area contributed by atoms with Crippen LogP contribution in [0.15, 0.2) is 72.8 Å². The van der Waals surface area contributed by atoms with Crippen molar-refractivity contribution >= 4 is 29.1 Å². The van der Waals surface area contributed by atoms with Crippen molar-refractivity contribution in [3.63, 3.8) is 0 Å². The van der Waals surface area contributed by atoms with Gasteiger partial charge in [-0.1, -0.05) is 48.5 Å². The molecule has 0 saturated carbocycles. The summed E-state index contributed by atoms with van der Waals surface area (Å²) in [6.45, 7) is 2.47. The van der Waals surface area contributed by atoms with Crippen LogP contribution in [0.5, 0.6) is 5.75 Å². The second-order valence-corrected chi connectivity index (χ2v) is 8.90. The van der Waals surface area contributed by atoms with Gasteiger partial charge in [-0.15, -0.1) is 11.6 Å². The Morgan fingerprint density at radius 3 is 2.03 bits per heavy atom. The van der Waals surface area contributed by atoms with E-state index in [1.54, 1.807) is 24.3 Å². The average Bonchev–Trinajstić information content (AvgIpc) is 3.07. The van der Waals surface area contributed by atoms with E-state index >= 15 is 0 Å². The number of hydrogen-bond donors (Lipinski definition) is 0. The molecule has 7 rings (SSSR count). The van der Waals surface area contributed by atoms with Crippen LogP contribution in [-0.2, 0) is 14.5 Å². The van der Waals surface area contributed by atoms with Crippen molar-refractivity contribution in [2.45, 2.75) is 17.7 Å². The van der Waals surface area contributed by atoms with Crippen molar-refractivity contribution in [1.82, 2.24) is 0 Å². The summed E-state index contributed by atoms with van der Waals surface area (Å²) < 4.78 is 5.51. The first kappa shape index (κ1) is 18.6. The number of amides is 2. The number of hydrogen-bond acceptors (Lipinski definition) is 3. The molecule has 0 spiro atoms. The minimum Gasteiger partial charge on any atom is -0.494 e. The van der Waals surface area contributed by atoms with Crippen LogP contribution in [0.4, 0.5) is 5.69 Å². The van der Waals surface area contributed by atoms with E-state index in [0.29, 0.717) is 18.0 Å². The Morgan fingerprint density at radius 1 is 0.871 bits per heavy atom. The minimum absolute atomic E-state index is 0.179. The fraction of sp³-hybridized carbons (Fsp3) is 0.231. The number of ether oxygens (including phenoxy) is 1. The van der Waals surface area contributed by atoms with Crippen molar-refractivity contribution in [2.24, 2.45) is 11.8 Å². The summed E-state index contributed by atoms with van der Waals surface area (Å²) in [5.41, 5.74) is 4.53. The molecule has 5 heteroatoms. The number of rotatable bonds is 3. The maximum atomic E-state index is 13.8. The predicted molar refractivity (Wildman–Crippen MR) is 118 cm³/mol. The smallest absolute Gasteiger partial charge is 0.240 e. The maximum absolute atomic E-state index is 13.8. The molecule has 2 bridgehead atoms. The first-order chi connectivity index (χ1) is 15.1. The quantitative estimate of drug-likeness (QED) is 0.442. The van der Waals surface area contributed by atoms with E-state index in [9.17, 15) is 9.59 Å². The number of benzene rings is 3. The molecule has 1 heterocycles. The van der Waals surface area contributed by atoms with Crippen molar-refractivity contribution in [3.05, 3.63) is 95.1 Å². The molecule has 4 nitrogen and oxygen atoms in total. The highest BCUT2D eigenvalue weighted by Crippen LogP contribution is 2.65. The highest BCUT2D eigenvalue weighted by Gasteiger charge is 2.67. The van der Waals surface area contributed by atoms with Crippen LogP contribution >= 0.6 is 11.6 Å². The first-order valence-electron chi connectivity index (χ1n) is 10.6. The van der Waals surface area contributed by atoms with Crippen molar-refractivity contribution in [2.75, 3.05) is 11.5 Å². The SMILES string of the molecule is CCOc1ccc(N2C(=O)[C@H]3C4c5ccccc5C(Cl)(c5ccccc54)[C@H]3C2=O)cc1. The molecule has 3 aliphatic carbocycles. The van der Waals surface area contributed by atoms with Gasteiger partial charge in [0.1, 0.15) is 10.6 Å². The number of alkyl halides is 1. The van der Waals surface area contributed by atoms with E-state index in [1.165, 1.54) is 4.90 Å². The highest BCUT2D eigenvalue weighted by atomic mass is 35.5. The monoisotopic (exact) mass is 429 g/mol. The second kappa shape index (κ2) is 6.44. The fourth-order valence-electron chi connectivity index (χ4n) is 5.79. The molecule has 1 saturated heterocycles. The number of imide groups is 1. The Morgan fingerprint density at radius 2 is 1.45 bits per heavy atom. The molecule has 2 amide bonds. The molecule has 31 heavy (non-hydrogen) atoms. The van der Waals surface area contributed by atoms with E-state index in [2.05, 4.69) is 0 Å². The van der Waals surface area contributed by atoms with Crippen LogP contribution in [0, 0.1) is 11.8 Å². The summed E-state index contributed by atoms with van der Waals surface area (Å²) in [6.07, 6.45) is 0. The molecule has 154 valence electrons. The van der Waals surface area contributed by atoms with E-state index < -0.39 is 16.7 Å². The number of halogens is 1. The van der Waals surface area contributed by atoms with Gasteiger partial charge in [-0.2, -0.15) is 0 Å². The van der Waals surface area contributed by atoms with Gasteiger partial charge in [0.05, 0.1) is 24.1 Å². The molecule has 2 atom stereocenters. The van der Waals surface area contributed by atoms with Gasteiger partial charge in [-0.05, 0) is 53.4 Å². The van der Waals surface area contributed by atoms with E-state index in [-0.39, 0.29) is 17.7 Å². The summed E-state index contributed by atoms with van der Waals surface area (Å²) >= 11 is 7.42. The molecule has 3 aromatic carbocycles. The number of anilines is 1. The van der Waals surface area contributed by atoms with Gasteiger partial charge in [0, 0.05) is 5.92 Å². The predicted octanol–water partition coefficient (Wildman–Crippen LogP) is 4.83. The molecular weight excluding hydrogens is 410 g/mol. The Hall–Kier alpha value is -3.11. The van der Waals surface area contributed by atoms with Crippen LogP contribution < -0.4 is 9.64 Å². The minimum atomic E-state index is -1.06. The molecule has 0 aromatic heterocycles. The Balaban J connectivity index is 1.53. The van der Waals surface area contributed by atoms with Gasteiger partial charge in [0.25, 0.3) is 0 Å². The molecule has 1 aliphatic heterocycles. The molecule has 3 aromatic rings. The van der Waals surface area contributed by atoms with Gasteiger partial charge in [0.2, 0.25) is 11.8 Å². The lowest BCUT2D eigenvalue weighted by atomic mass is 9.54. The largest absolute Gasteiger partial charge is 0.494 e. The van der Waals surface area contributed by atoms with Crippen LogP contribution in [-0.4, -0.2) is 18.4 Å². The maximum Gasteiger partial charge on any atom is 0.240 e. The third kappa shape index (κ3) is 2.26. The first-order valence-corrected chi connectivity index (χ1v) is 10.9. The lowest BCUT2D eigenvalue weighted by Crippen LogP contribution is -2.50. The van der Waals surface area contributed by atoms with E-state index in [0.717, 1.165) is 22.3 Å². The van der Waals surface area contributed by atoms with E-state index in [4.69, 9.17) is 16.3 Å².